The van der Waals surface area contributed by atoms with Gasteiger partial charge in [-0.05, 0) is 43.5 Å². The molecule has 0 amide bonds. The fraction of sp³-hybridized carbons (Fsp3) is 0.600. The van der Waals surface area contributed by atoms with Crippen LogP contribution in [0.1, 0.15) is 23.5 Å². The lowest BCUT2D eigenvalue weighted by molar-refractivity contribution is 0.186. The first-order chi connectivity index (χ1) is 8.33. The average Bonchev–Trinajstić information content (AvgIpc) is 2.75. The molecule has 3 aliphatic rings. The molecule has 0 saturated carbocycles. The highest BCUT2D eigenvalue weighted by Gasteiger charge is 2.38. The Kier molecular flexibility index (Phi) is 2.04. The first-order valence-corrected chi connectivity index (χ1v) is 6.88. The Morgan fingerprint density at radius 2 is 2.12 bits per heavy atom. The van der Waals surface area contributed by atoms with Crippen LogP contribution in [0.2, 0.25) is 0 Å². The van der Waals surface area contributed by atoms with Crippen molar-refractivity contribution in [1.82, 2.24) is 4.90 Å². The minimum atomic E-state index is 0.790. The molecule has 0 spiro atoms. The molecule has 1 aromatic rings. The van der Waals surface area contributed by atoms with Gasteiger partial charge in [0.2, 0.25) is 0 Å². The molecular formula is C15H20N2. The number of nitrogens with zero attached hydrogens (tertiary/aromatic N) is 2. The van der Waals surface area contributed by atoms with E-state index in [0.717, 1.165) is 11.8 Å². The van der Waals surface area contributed by atoms with Crippen LogP contribution in [0.15, 0.2) is 18.2 Å². The maximum absolute atomic E-state index is 2.65. The highest BCUT2D eigenvalue weighted by Crippen LogP contribution is 2.46. The summed E-state index contributed by atoms with van der Waals surface area (Å²) in [6.07, 6.45) is 2.64. The largest absolute Gasteiger partial charge is 0.370 e. The van der Waals surface area contributed by atoms with E-state index in [-0.39, 0.29) is 0 Å². The number of fused-ring (bicyclic) bond motifs is 2. The summed E-state index contributed by atoms with van der Waals surface area (Å²) in [7, 11) is 2.27. The molecule has 1 aromatic carbocycles. The van der Waals surface area contributed by atoms with Crippen LogP contribution in [-0.2, 0) is 6.42 Å². The summed E-state index contributed by atoms with van der Waals surface area (Å²) in [5, 5.41) is 0. The molecule has 0 aromatic heterocycles. The third kappa shape index (κ3) is 1.37. The fourth-order valence-corrected chi connectivity index (χ4v) is 4.07. The minimum absolute atomic E-state index is 0.790. The molecule has 17 heavy (non-hydrogen) atoms. The van der Waals surface area contributed by atoms with Crippen LogP contribution in [0.5, 0.6) is 0 Å². The summed E-state index contributed by atoms with van der Waals surface area (Å²) in [6.45, 7) is 5.10. The Labute approximate surface area is 103 Å². The molecule has 1 saturated heterocycles. The van der Waals surface area contributed by atoms with Crippen LogP contribution >= 0.6 is 0 Å². The minimum Gasteiger partial charge on any atom is -0.370 e. The molecule has 0 radical (unpaired) electrons. The van der Waals surface area contributed by atoms with E-state index in [0.29, 0.717) is 0 Å². The monoisotopic (exact) mass is 228 g/mol. The van der Waals surface area contributed by atoms with Crippen LogP contribution in [0, 0.1) is 5.92 Å². The van der Waals surface area contributed by atoms with E-state index in [1.165, 1.54) is 39.0 Å². The summed E-state index contributed by atoms with van der Waals surface area (Å²) >= 11 is 0. The van der Waals surface area contributed by atoms with Crippen LogP contribution in [-0.4, -0.2) is 38.1 Å². The second-order valence-electron chi connectivity index (χ2n) is 5.97. The zero-order chi connectivity index (χ0) is 11.4. The molecule has 4 rings (SSSR count). The Hall–Kier alpha value is -1.02. The molecule has 2 unspecified atom stereocenters. The Balaban J connectivity index is 1.82. The normalized spacial score (nSPS) is 31.2. The lowest BCUT2D eigenvalue weighted by atomic mass is 9.77. The third-order valence-electron chi connectivity index (χ3n) is 4.93. The molecular weight excluding hydrogens is 208 g/mol. The number of anilines is 1. The van der Waals surface area contributed by atoms with Crippen molar-refractivity contribution in [3.63, 3.8) is 0 Å². The van der Waals surface area contributed by atoms with Gasteiger partial charge in [-0.15, -0.1) is 0 Å². The third-order valence-corrected chi connectivity index (χ3v) is 4.93. The van der Waals surface area contributed by atoms with Crippen molar-refractivity contribution in [2.24, 2.45) is 5.92 Å². The lowest BCUT2D eigenvalue weighted by Gasteiger charge is -2.44. The van der Waals surface area contributed by atoms with Gasteiger partial charge in [0.1, 0.15) is 0 Å². The Morgan fingerprint density at radius 1 is 1.18 bits per heavy atom. The van der Waals surface area contributed by atoms with E-state index in [1.807, 2.05) is 0 Å². The van der Waals surface area contributed by atoms with E-state index in [9.17, 15) is 0 Å². The van der Waals surface area contributed by atoms with Gasteiger partial charge in [-0.2, -0.15) is 0 Å². The van der Waals surface area contributed by atoms with Crippen molar-refractivity contribution < 1.29 is 0 Å². The van der Waals surface area contributed by atoms with Gasteiger partial charge in [-0.1, -0.05) is 18.2 Å². The highest BCUT2D eigenvalue weighted by molar-refractivity contribution is 5.66. The first-order valence-electron chi connectivity index (χ1n) is 6.88. The summed E-state index contributed by atoms with van der Waals surface area (Å²) in [5.74, 6) is 1.69. The fourth-order valence-electron chi connectivity index (χ4n) is 4.07. The van der Waals surface area contributed by atoms with Crippen molar-refractivity contribution in [3.05, 3.63) is 29.3 Å². The average molecular weight is 228 g/mol. The predicted molar refractivity (Wildman–Crippen MR) is 70.7 cm³/mol. The summed E-state index contributed by atoms with van der Waals surface area (Å²) in [6, 6.07) is 6.98. The smallest absolute Gasteiger partial charge is 0.0435 e. The Bertz CT molecular complexity index is 454. The van der Waals surface area contributed by atoms with Crippen molar-refractivity contribution in [2.45, 2.75) is 18.8 Å². The van der Waals surface area contributed by atoms with Crippen LogP contribution in [0.3, 0.4) is 0 Å². The van der Waals surface area contributed by atoms with E-state index in [2.05, 4.69) is 35.0 Å². The molecule has 0 N–H and O–H groups in total. The second kappa shape index (κ2) is 3.49. The Morgan fingerprint density at radius 3 is 3.06 bits per heavy atom. The molecule has 90 valence electrons. The molecule has 0 aliphatic carbocycles. The molecule has 3 aliphatic heterocycles. The van der Waals surface area contributed by atoms with Gasteiger partial charge in [0.25, 0.3) is 0 Å². The van der Waals surface area contributed by atoms with Gasteiger partial charge >= 0.3 is 0 Å². The zero-order valence-electron chi connectivity index (χ0n) is 10.5. The number of benzene rings is 1. The van der Waals surface area contributed by atoms with Gasteiger partial charge in [-0.25, -0.2) is 0 Å². The topological polar surface area (TPSA) is 6.48 Å². The quantitative estimate of drug-likeness (QED) is 0.671. The van der Waals surface area contributed by atoms with E-state index in [4.69, 9.17) is 0 Å². The molecule has 2 atom stereocenters. The number of hydrogen-bond acceptors (Lipinski definition) is 2. The molecule has 3 heterocycles. The molecule has 1 fully saturated rings. The molecule has 2 heteroatoms. The standard InChI is InChI=1S/C15H20N2/c1-16-7-5-12-9-17-8-6-11-3-2-4-13(15(11)17)14(12)10-16/h2-4,12,14H,5-10H2,1H3. The lowest BCUT2D eigenvalue weighted by Crippen LogP contribution is -2.45. The second-order valence-corrected chi connectivity index (χ2v) is 5.97. The van der Waals surface area contributed by atoms with Gasteiger partial charge in [0, 0.05) is 31.2 Å². The number of hydrogen-bond donors (Lipinski definition) is 0. The van der Waals surface area contributed by atoms with Gasteiger partial charge < -0.3 is 9.80 Å². The first kappa shape index (κ1) is 9.95. The van der Waals surface area contributed by atoms with Crippen molar-refractivity contribution in [2.75, 3.05) is 38.1 Å². The number of piperidine rings is 1. The van der Waals surface area contributed by atoms with Crippen molar-refractivity contribution >= 4 is 5.69 Å². The SMILES string of the molecule is CN1CCC2CN3CCc4cccc(c43)C2C1. The predicted octanol–water partition coefficient (Wildman–Crippen LogP) is 2.10. The van der Waals surface area contributed by atoms with E-state index in [1.54, 1.807) is 16.8 Å². The van der Waals surface area contributed by atoms with Crippen LogP contribution in [0.4, 0.5) is 5.69 Å². The molecule has 0 bridgehead atoms. The summed E-state index contributed by atoms with van der Waals surface area (Å²) in [5.41, 5.74) is 4.83. The van der Waals surface area contributed by atoms with E-state index < -0.39 is 0 Å². The van der Waals surface area contributed by atoms with Crippen molar-refractivity contribution in [1.29, 1.82) is 0 Å². The summed E-state index contributed by atoms with van der Waals surface area (Å²) in [4.78, 5) is 5.16. The number of likely N-dealkylation sites (N-methyl/N-ethyl adjacent to an activating group) is 1. The van der Waals surface area contributed by atoms with Gasteiger partial charge in [-0.3, -0.25) is 0 Å². The highest BCUT2D eigenvalue weighted by atomic mass is 15.2. The van der Waals surface area contributed by atoms with Crippen LogP contribution < -0.4 is 4.90 Å². The van der Waals surface area contributed by atoms with Crippen LogP contribution in [0.25, 0.3) is 0 Å². The van der Waals surface area contributed by atoms with Gasteiger partial charge in [0.05, 0.1) is 0 Å². The van der Waals surface area contributed by atoms with E-state index >= 15 is 0 Å². The number of rotatable bonds is 0. The molecule has 2 nitrogen and oxygen atoms in total. The van der Waals surface area contributed by atoms with Gasteiger partial charge in [0.15, 0.2) is 0 Å². The summed E-state index contributed by atoms with van der Waals surface area (Å²) < 4.78 is 0. The number of likely N-dealkylation sites (tertiary alicyclic amines) is 1. The zero-order valence-corrected chi connectivity index (χ0v) is 10.5. The number of para-hydroxylation sites is 1. The van der Waals surface area contributed by atoms with Crippen molar-refractivity contribution in [3.8, 4) is 0 Å². The maximum atomic E-state index is 2.65. The maximum Gasteiger partial charge on any atom is 0.0435 e.